The van der Waals surface area contributed by atoms with Gasteiger partial charge < -0.3 is 5.11 Å². The second-order valence-corrected chi connectivity index (χ2v) is 4.09. The normalized spacial score (nSPS) is 33.0. The lowest BCUT2D eigenvalue weighted by molar-refractivity contribution is -0.141. The summed E-state index contributed by atoms with van der Waals surface area (Å²) in [4.78, 5) is 11.1. The number of rotatable bonds is 1. The number of hydrogen-bond donors (Lipinski definition) is 2. The Bertz CT molecular complexity index is 416. The Hall–Kier alpha value is -1.35. The summed E-state index contributed by atoms with van der Waals surface area (Å²) < 4.78 is 0. The Labute approximate surface area is 81.8 Å². The van der Waals surface area contributed by atoms with Gasteiger partial charge >= 0.3 is 5.97 Å². The molecule has 1 aliphatic heterocycles. The van der Waals surface area contributed by atoms with Gasteiger partial charge in [0.2, 0.25) is 0 Å². The topological polar surface area (TPSA) is 49.3 Å². The van der Waals surface area contributed by atoms with Gasteiger partial charge in [0.25, 0.3) is 0 Å². The molecule has 1 aromatic carbocycles. The van der Waals surface area contributed by atoms with Crippen LogP contribution in [0.25, 0.3) is 0 Å². The summed E-state index contributed by atoms with van der Waals surface area (Å²) >= 11 is 0. The number of benzene rings is 1. The highest BCUT2D eigenvalue weighted by Gasteiger charge is 2.63. The Morgan fingerprint density at radius 3 is 3.07 bits per heavy atom. The van der Waals surface area contributed by atoms with Crippen molar-refractivity contribution in [3.8, 4) is 0 Å². The second-order valence-electron chi connectivity index (χ2n) is 4.09. The highest BCUT2D eigenvalue weighted by atomic mass is 16.4. The molecule has 0 bridgehead atoms. The van der Waals surface area contributed by atoms with Gasteiger partial charge in [0, 0.05) is 12.5 Å². The molecule has 1 aliphatic carbocycles. The van der Waals surface area contributed by atoms with E-state index >= 15 is 0 Å². The van der Waals surface area contributed by atoms with Crippen molar-refractivity contribution in [2.75, 3.05) is 0 Å². The molecule has 1 heterocycles. The minimum atomic E-state index is -0.711. The Morgan fingerprint density at radius 1 is 1.50 bits per heavy atom. The zero-order valence-electron chi connectivity index (χ0n) is 7.66. The summed E-state index contributed by atoms with van der Waals surface area (Å²) in [5.41, 5.74) is 1.81. The van der Waals surface area contributed by atoms with E-state index < -0.39 is 11.5 Å². The maximum absolute atomic E-state index is 11.1. The molecule has 1 saturated carbocycles. The third-order valence-electron chi connectivity index (χ3n) is 3.37. The van der Waals surface area contributed by atoms with Crippen LogP contribution in [-0.4, -0.2) is 16.6 Å². The first-order valence-electron chi connectivity index (χ1n) is 4.80. The fraction of sp³-hybridized carbons (Fsp3) is 0.364. The molecule has 0 aromatic heterocycles. The van der Waals surface area contributed by atoms with Crippen LogP contribution in [-0.2, 0) is 11.3 Å². The van der Waals surface area contributed by atoms with Gasteiger partial charge in [-0.15, -0.1) is 0 Å². The summed E-state index contributed by atoms with van der Waals surface area (Å²) in [5, 5.41) is 12.2. The fourth-order valence-electron chi connectivity index (χ4n) is 2.43. The summed E-state index contributed by atoms with van der Waals surface area (Å²) in [7, 11) is 0. The molecule has 2 atom stereocenters. The van der Waals surface area contributed by atoms with Gasteiger partial charge in [0.15, 0.2) is 0 Å². The first kappa shape index (κ1) is 8.00. The van der Waals surface area contributed by atoms with Crippen molar-refractivity contribution in [2.45, 2.75) is 24.4 Å². The molecule has 1 aromatic rings. The van der Waals surface area contributed by atoms with Crippen molar-refractivity contribution in [2.24, 2.45) is 0 Å². The largest absolute Gasteiger partial charge is 0.480 e. The molecule has 72 valence electrons. The zero-order valence-corrected chi connectivity index (χ0v) is 7.66. The lowest BCUT2D eigenvalue weighted by Gasteiger charge is -2.22. The molecule has 0 unspecified atom stereocenters. The summed E-state index contributed by atoms with van der Waals surface area (Å²) in [5.74, 6) is -0.526. The first-order valence-corrected chi connectivity index (χ1v) is 4.80. The van der Waals surface area contributed by atoms with Gasteiger partial charge in [-0.1, -0.05) is 24.3 Å². The van der Waals surface area contributed by atoms with E-state index in [0.29, 0.717) is 6.54 Å². The third-order valence-corrected chi connectivity index (χ3v) is 3.37. The van der Waals surface area contributed by atoms with Crippen LogP contribution in [0.5, 0.6) is 0 Å². The quantitative estimate of drug-likeness (QED) is 0.695. The standard InChI is InChI=1S/C11H11NO2/c13-10(14)11-5-9(11)8-4-2-1-3-7(8)6-12-11/h1-4,9,12H,5-6H2,(H,13,14)/t9-,11-/m1/s1. The SMILES string of the molecule is O=C(O)[C@@]12C[C@@H]1c1ccccc1CN2. The van der Waals surface area contributed by atoms with Crippen LogP contribution in [0.15, 0.2) is 24.3 Å². The van der Waals surface area contributed by atoms with E-state index in [1.807, 2.05) is 18.2 Å². The number of carbonyl (C=O) groups is 1. The average molecular weight is 189 g/mol. The lowest BCUT2D eigenvalue weighted by Crippen LogP contribution is -2.42. The van der Waals surface area contributed by atoms with Crippen LogP contribution in [0.2, 0.25) is 0 Å². The Balaban J connectivity index is 2.05. The van der Waals surface area contributed by atoms with Crippen LogP contribution in [0.1, 0.15) is 23.5 Å². The second kappa shape index (κ2) is 2.36. The zero-order chi connectivity index (χ0) is 9.76. The molecule has 0 spiro atoms. The minimum absolute atomic E-state index is 0.185. The molecule has 0 radical (unpaired) electrons. The molecular weight excluding hydrogens is 178 g/mol. The van der Waals surface area contributed by atoms with Crippen LogP contribution in [0, 0.1) is 0 Å². The third kappa shape index (κ3) is 0.826. The lowest BCUT2D eigenvalue weighted by atomic mass is 9.96. The maximum atomic E-state index is 11.1. The molecule has 14 heavy (non-hydrogen) atoms. The van der Waals surface area contributed by atoms with E-state index in [1.165, 1.54) is 11.1 Å². The monoisotopic (exact) mass is 189 g/mol. The predicted octanol–water partition coefficient (Wildman–Crippen LogP) is 1.10. The summed E-state index contributed by atoms with van der Waals surface area (Å²) in [6.07, 6.45) is 0.735. The van der Waals surface area contributed by atoms with Crippen molar-refractivity contribution in [1.82, 2.24) is 5.32 Å². The van der Waals surface area contributed by atoms with Crippen molar-refractivity contribution in [3.63, 3.8) is 0 Å². The summed E-state index contributed by atoms with van der Waals surface area (Å²) in [6.45, 7) is 0.680. The van der Waals surface area contributed by atoms with Gasteiger partial charge in [0.05, 0.1) is 0 Å². The molecule has 0 amide bonds. The molecule has 3 nitrogen and oxygen atoms in total. The van der Waals surface area contributed by atoms with Gasteiger partial charge in [-0.3, -0.25) is 10.1 Å². The highest BCUT2D eigenvalue weighted by Crippen LogP contribution is 2.54. The number of nitrogens with one attached hydrogen (secondary N) is 1. The first-order chi connectivity index (χ1) is 6.74. The number of hydrogen-bond acceptors (Lipinski definition) is 2. The average Bonchev–Trinajstić information content (AvgIpc) is 2.94. The molecular formula is C11H11NO2. The molecule has 0 saturated heterocycles. The number of fused-ring (bicyclic) bond motifs is 3. The fourth-order valence-corrected chi connectivity index (χ4v) is 2.43. The number of carboxylic acids is 1. The Kier molecular flexibility index (Phi) is 1.35. The van der Waals surface area contributed by atoms with Gasteiger partial charge in [-0.2, -0.15) is 0 Å². The Morgan fingerprint density at radius 2 is 2.29 bits per heavy atom. The smallest absolute Gasteiger partial charge is 0.324 e. The van der Waals surface area contributed by atoms with E-state index in [-0.39, 0.29) is 5.92 Å². The van der Waals surface area contributed by atoms with Crippen molar-refractivity contribution in [1.29, 1.82) is 0 Å². The molecule has 3 rings (SSSR count). The van der Waals surface area contributed by atoms with Crippen molar-refractivity contribution in [3.05, 3.63) is 35.4 Å². The molecule has 2 aliphatic rings. The van der Waals surface area contributed by atoms with Gasteiger partial charge in [-0.25, -0.2) is 0 Å². The van der Waals surface area contributed by atoms with E-state index in [9.17, 15) is 4.79 Å². The van der Waals surface area contributed by atoms with E-state index in [0.717, 1.165) is 6.42 Å². The number of aliphatic carboxylic acids is 1. The van der Waals surface area contributed by atoms with E-state index in [2.05, 4.69) is 11.4 Å². The van der Waals surface area contributed by atoms with E-state index in [4.69, 9.17) is 5.11 Å². The molecule has 3 heteroatoms. The van der Waals surface area contributed by atoms with E-state index in [1.54, 1.807) is 0 Å². The summed E-state index contributed by atoms with van der Waals surface area (Å²) in [6, 6.07) is 8.09. The van der Waals surface area contributed by atoms with Crippen LogP contribution < -0.4 is 5.32 Å². The van der Waals surface area contributed by atoms with Gasteiger partial charge in [0.1, 0.15) is 5.54 Å². The minimum Gasteiger partial charge on any atom is -0.480 e. The predicted molar refractivity (Wildman–Crippen MR) is 51.0 cm³/mol. The van der Waals surface area contributed by atoms with Crippen molar-refractivity contribution < 1.29 is 9.90 Å². The molecule has 1 fully saturated rings. The van der Waals surface area contributed by atoms with Crippen molar-refractivity contribution >= 4 is 5.97 Å². The number of carboxylic acid groups (broad SMARTS) is 1. The van der Waals surface area contributed by atoms with Crippen LogP contribution in [0.3, 0.4) is 0 Å². The van der Waals surface area contributed by atoms with Crippen LogP contribution >= 0.6 is 0 Å². The van der Waals surface area contributed by atoms with Gasteiger partial charge in [-0.05, 0) is 17.5 Å². The van der Waals surface area contributed by atoms with Crippen LogP contribution in [0.4, 0.5) is 0 Å². The maximum Gasteiger partial charge on any atom is 0.324 e. The molecule has 2 N–H and O–H groups in total. The highest BCUT2D eigenvalue weighted by molar-refractivity contribution is 5.86.